The fourth-order valence-corrected chi connectivity index (χ4v) is 8.48. The molecule has 5 nitrogen and oxygen atoms in total. The predicted molar refractivity (Wildman–Crippen MR) is 242 cm³/mol. The first kappa shape index (κ1) is 35.1. The van der Waals surface area contributed by atoms with E-state index in [9.17, 15) is 0 Å². The van der Waals surface area contributed by atoms with Crippen LogP contribution in [-0.2, 0) is 0 Å². The van der Waals surface area contributed by atoms with E-state index in [1.165, 1.54) is 32.8 Å². The number of benzene rings is 7. The molecular formula is C53H41N5. The van der Waals surface area contributed by atoms with Crippen molar-refractivity contribution in [2.45, 2.75) is 26.7 Å². The molecule has 0 unspecified atom stereocenters. The summed E-state index contributed by atoms with van der Waals surface area (Å²) >= 11 is 0. The first-order chi connectivity index (χ1) is 28.6. The molecule has 0 spiro atoms. The highest BCUT2D eigenvalue weighted by atomic mass is 15.2. The zero-order valence-electron chi connectivity index (χ0n) is 32.7. The number of rotatable bonds is 8. The molecular weight excluding hydrogens is 707 g/mol. The van der Waals surface area contributed by atoms with Crippen LogP contribution < -0.4 is 0 Å². The van der Waals surface area contributed by atoms with Crippen molar-refractivity contribution in [2.75, 3.05) is 0 Å². The summed E-state index contributed by atoms with van der Waals surface area (Å²) in [5, 5.41) is 3.54. The smallest absolute Gasteiger partial charge is 0.238 e. The van der Waals surface area contributed by atoms with Crippen molar-refractivity contribution in [3.8, 4) is 56.7 Å². The SMILES string of the molecule is C/C=C\c1c(C(C)C)c2ccc3c4ccccc4n(-c4cccc(-c5ccccc5)c4)c3c2n1-c1nc(-c2ccccc2)nc(-c2ccc(-c3ccccc3)cc2)n1. The van der Waals surface area contributed by atoms with Gasteiger partial charge in [0.25, 0.3) is 0 Å². The second-order valence-electron chi connectivity index (χ2n) is 15.0. The second kappa shape index (κ2) is 14.6. The number of allylic oxidation sites excluding steroid dienone is 1. The average Bonchev–Trinajstić information content (AvgIpc) is 3.80. The number of para-hydroxylation sites is 1. The van der Waals surface area contributed by atoms with Crippen molar-refractivity contribution in [2.24, 2.45) is 0 Å². The summed E-state index contributed by atoms with van der Waals surface area (Å²) in [6.45, 7) is 6.63. The van der Waals surface area contributed by atoms with Crippen molar-refractivity contribution in [3.05, 3.63) is 193 Å². The molecule has 3 heterocycles. The van der Waals surface area contributed by atoms with Crippen molar-refractivity contribution >= 4 is 38.8 Å². The van der Waals surface area contributed by atoms with E-state index in [2.05, 4.69) is 194 Å². The summed E-state index contributed by atoms with van der Waals surface area (Å²) < 4.78 is 4.72. The summed E-state index contributed by atoms with van der Waals surface area (Å²) in [6.07, 6.45) is 4.33. The summed E-state index contributed by atoms with van der Waals surface area (Å²) in [5.41, 5.74) is 13.2. The number of hydrogen-bond acceptors (Lipinski definition) is 3. The van der Waals surface area contributed by atoms with Crippen molar-refractivity contribution in [3.63, 3.8) is 0 Å². The van der Waals surface area contributed by atoms with Crippen LogP contribution in [-0.4, -0.2) is 24.1 Å². The fraction of sp³-hybridized carbons (Fsp3) is 0.0755. The van der Waals surface area contributed by atoms with Gasteiger partial charge in [-0.2, -0.15) is 9.97 Å². The van der Waals surface area contributed by atoms with Crippen LogP contribution in [0.5, 0.6) is 0 Å². The van der Waals surface area contributed by atoms with Crippen LogP contribution in [0.25, 0.3) is 95.5 Å². The molecule has 0 saturated carbocycles. The van der Waals surface area contributed by atoms with Gasteiger partial charge in [-0.3, -0.25) is 4.57 Å². The van der Waals surface area contributed by atoms with Crippen LogP contribution in [0.2, 0.25) is 0 Å². The zero-order valence-corrected chi connectivity index (χ0v) is 32.7. The Balaban J connectivity index is 1.31. The van der Waals surface area contributed by atoms with Gasteiger partial charge in [-0.1, -0.05) is 178 Å². The van der Waals surface area contributed by atoms with Crippen LogP contribution in [0.4, 0.5) is 0 Å². The average molecular weight is 748 g/mol. The minimum Gasteiger partial charge on any atom is -0.307 e. The highest BCUT2D eigenvalue weighted by Gasteiger charge is 2.27. The molecule has 5 heteroatoms. The third-order valence-electron chi connectivity index (χ3n) is 11.1. The Bertz CT molecular complexity index is 3120. The maximum absolute atomic E-state index is 5.38. The van der Waals surface area contributed by atoms with Gasteiger partial charge in [0.15, 0.2) is 11.6 Å². The highest BCUT2D eigenvalue weighted by molar-refractivity contribution is 6.19. The molecule has 10 aromatic rings. The maximum Gasteiger partial charge on any atom is 0.238 e. The predicted octanol–water partition coefficient (Wildman–Crippen LogP) is 13.7. The summed E-state index contributed by atoms with van der Waals surface area (Å²) in [6, 6.07) is 62.0. The van der Waals surface area contributed by atoms with E-state index in [1.54, 1.807) is 0 Å². The molecule has 0 aliphatic rings. The molecule has 0 fully saturated rings. The minimum atomic E-state index is 0.215. The summed E-state index contributed by atoms with van der Waals surface area (Å²) in [7, 11) is 0. The Morgan fingerprint density at radius 1 is 0.448 bits per heavy atom. The molecule has 58 heavy (non-hydrogen) atoms. The lowest BCUT2D eigenvalue weighted by Gasteiger charge is -2.15. The Morgan fingerprint density at radius 2 is 0.966 bits per heavy atom. The van der Waals surface area contributed by atoms with Gasteiger partial charge in [0.05, 0.1) is 22.2 Å². The van der Waals surface area contributed by atoms with E-state index in [0.717, 1.165) is 50.2 Å². The van der Waals surface area contributed by atoms with E-state index in [1.807, 2.05) is 24.3 Å². The van der Waals surface area contributed by atoms with Crippen molar-refractivity contribution in [1.82, 2.24) is 24.1 Å². The van der Waals surface area contributed by atoms with Gasteiger partial charge in [-0.25, -0.2) is 4.98 Å². The Kier molecular flexibility index (Phi) is 8.83. The van der Waals surface area contributed by atoms with Crippen molar-refractivity contribution < 1.29 is 0 Å². The Labute approximate surface area is 338 Å². The highest BCUT2D eigenvalue weighted by Crippen LogP contribution is 2.43. The van der Waals surface area contributed by atoms with Crippen molar-refractivity contribution in [1.29, 1.82) is 0 Å². The lowest BCUT2D eigenvalue weighted by molar-refractivity contribution is 0.854. The number of nitrogens with zero attached hydrogens (tertiary/aromatic N) is 5. The summed E-state index contributed by atoms with van der Waals surface area (Å²) in [5.74, 6) is 2.02. The van der Waals surface area contributed by atoms with Gasteiger partial charge in [0.2, 0.25) is 5.95 Å². The minimum absolute atomic E-state index is 0.215. The molecule has 0 atom stereocenters. The van der Waals surface area contributed by atoms with Gasteiger partial charge < -0.3 is 4.57 Å². The molecule has 7 aromatic carbocycles. The topological polar surface area (TPSA) is 48.5 Å². The lowest BCUT2D eigenvalue weighted by atomic mass is 9.98. The molecule has 10 rings (SSSR count). The van der Waals surface area contributed by atoms with Gasteiger partial charge in [0, 0.05) is 33.0 Å². The van der Waals surface area contributed by atoms with Gasteiger partial charge in [0.1, 0.15) is 0 Å². The van der Waals surface area contributed by atoms with Gasteiger partial charge >= 0.3 is 0 Å². The lowest BCUT2D eigenvalue weighted by Crippen LogP contribution is -2.09. The van der Waals surface area contributed by atoms with E-state index >= 15 is 0 Å². The van der Waals surface area contributed by atoms with Gasteiger partial charge in [-0.05, 0) is 64.9 Å². The van der Waals surface area contributed by atoms with E-state index < -0.39 is 0 Å². The molecule has 0 radical (unpaired) electrons. The van der Waals surface area contributed by atoms with E-state index in [-0.39, 0.29) is 5.92 Å². The standard InChI is InChI=1S/C53H41N5/c1-4-17-47-48(35(2)3)45-33-32-44-43-26-14-15-27-46(43)57(42-25-16-24-41(34-42)37-20-10-6-11-21-37)49(44)50(45)58(47)53-55-51(39-22-12-7-13-23-39)54-52(56-53)40-30-28-38(29-31-40)36-18-8-5-9-19-36/h4-35H,1-3H3/b17-4-. The van der Waals surface area contributed by atoms with Crippen LogP contribution >= 0.6 is 0 Å². The number of aromatic nitrogens is 5. The Hall–Kier alpha value is -7.37. The molecule has 0 bridgehead atoms. The number of fused-ring (bicyclic) bond motifs is 5. The molecule has 0 amide bonds. The zero-order chi connectivity index (χ0) is 39.2. The first-order valence-corrected chi connectivity index (χ1v) is 19.9. The third-order valence-corrected chi connectivity index (χ3v) is 11.1. The second-order valence-corrected chi connectivity index (χ2v) is 15.0. The third kappa shape index (κ3) is 6.00. The molecule has 0 aliphatic carbocycles. The van der Waals surface area contributed by atoms with Crippen LogP contribution in [0.1, 0.15) is 37.9 Å². The molecule has 3 aromatic heterocycles. The fourth-order valence-electron chi connectivity index (χ4n) is 8.48. The van der Waals surface area contributed by atoms with E-state index in [0.29, 0.717) is 17.6 Å². The largest absolute Gasteiger partial charge is 0.307 e. The van der Waals surface area contributed by atoms with Gasteiger partial charge in [-0.15, -0.1) is 0 Å². The Morgan fingerprint density at radius 3 is 1.62 bits per heavy atom. The number of hydrogen-bond donors (Lipinski definition) is 0. The van der Waals surface area contributed by atoms with Crippen LogP contribution in [0.15, 0.2) is 182 Å². The van der Waals surface area contributed by atoms with Crippen LogP contribution in [0, 0.1) is 0 Å². The van der Waals surface area contributed by atoms with Crippen LogP contribution in [0.3, 0.4) is 0 Å². The molecule has 0 saturated heterocycles. The first-order valence-electron chi connectivity index (χ1n) is 19.9. The van der Waals surface area contributed by atoms with E-state index in [4.69, 9.17) is 15.0 Å². The normalized spacial score (nSPS) is 11.8. The molecule has 278 valence electrons. The quantitative estimate of drug-likeness (QED) is 0.155. The summed E-state index contributed by atoms with van der Waals surface area (Å²) in [4.78, 5) is 15.9. The maximum atomic E-state index is 5.38. The monoisotopic (exact) mass is 747 g/mol. The molecule has 0 aliphatic heterocycles. The molecule has 0 N–H and O–H groups in total.